The molecule has 0 N–H and O–H groups in total. The highest BCUT2D eigenvalue weighted by Crippen LogP contribution is 2.51. The maximum absolute atomic E-state index is 14.0. The van der Waals surface area contributed by atoms with Crippen molar-refractivity contribution in [2.75, 3.05) is 13.2 Å². The van der Waals surface area contributed by atoms with Crippen LogP contribution in [-0.2, 0) is 12.4 Å². The van der Waals surface area contributed by atoms with E-state index in [9.17, 15) is 26.3 Å². The minimum atomic E-state index is -5.23. The van der Waals surface area contributed by atoms with Gasteiger partial charge < -0.3 is 9.47 Å². The Bertz CT molecular complexity index is 995. The second kappa shape index (κ2) is 15.1. The van der Waals surface area contributed by atoms with E-state index in [1.165, 1.54) is 90.9 Å². The van der Waals surface area contributed by atoms with Gasteiger partial charge in [-0.15, -0.1) is 0 Å². The van der Waals surface area contributed by atoms with Crippen molar-refractivity contribution in [3.05, 3.63) is 22.8 Å². The van der Waals surface area contributed by atoms with Crippen molar-refractivity contribution < 1.29 is 35.8 Å². The van der Waals surface area contributed by atoms with Gasteiger partial charge >= 0.3 is 12.4 Å². The third-order valence-electron chi connectivity index (χ3n) is 10.9. The van der Waals surface area contributed by atoms with Gasteiger partial charge in [0.15, 0.2) is 0 Å². The molecule has 2 nitrogen and oxygen atoms in total. The summed E-state index contributed by atoms with van der Waals surface area (Å²) in [6.45, 7) is 4.90. The highest BCUT2D eigenvalue weighted by molar-refractivity contribution is 5.56. The van der Waals surface area contributed by atoms with Gasteiger partial charge in [0.05, 0.1) is 13.2 Å². The van der Waals surface area contributed by atoms with Gasteiger partial charge in [-0.05, 0) is 99.5 Å². The van der Waals surface area contributed by atoms with Crippen molar-refractivity contribution in [1.82, 2.24) is 0 Å². The molecule has 246 valence electrons. The van der Waals surface area contributed by atoms with Crippen LogP contribution < -0.4 is 9.47 Å². The van der Waals surface area contributed by atoms with Crippen LogP contribution in [0.3, 0.4) is 0 Å². The number of halogens is 6. The zero-order valence-electron chi connectivity index (χ0n) is 26.4. The molecule has 3 saturated carbocycles. The van der Waals surface area contributed by atoms with Crippen molar-refractivity contribution in [1.29, 1.82) is 0 Å². The molecule has 0 unspecified atom stereocenters. The first-order chi connectivity index (χ1) is 20.4. The van der Waals surface area contributed by atoms with E-state index in [0.29, 0.717) is 5.92 Å². The van der Waals surface area contributed by atoms with Crippen molar-refractivity contribution >= 4 is 0 Å². The average molecular weight is 619 g/mol. The molecule has 0 heterocycles. The van der Waals surface area contributed by atoms with Crippen LogP contribution in [0.2, 0.25) is 0 Å². The number of aryl methyl sites for hydroxylation is 1. The Morgan fingerprint density at radius 3 is 1.49 bits per heavy atom. The molecule has 0 aromatic heterocycles. The molecule has 3 aliphatic rings. The fourth-order valence-electron chi connectivity index (χ4n) is 8.44. The molecular formula is C35H52F6O2. The molecule has 1 aromatic rings. The quantitative estimate of drug-likeness (QED) is 0.230. The van der Waals surface area contributed by atoms with Crippen LogP contribution in [0.5, 0.6) is 11.5 Å². The van der Waals surface area contributed by atoms with Crippen molar-refractivity contribution in [2.24, 2.45) is 35.5 Å². The van der Waals surface area contributed by atoms with Gasteiger partial charge in [0.2, 0.25) is 0 Å². The Kier molecular flexibility index (Phi) is 12.1. The highest BCUT2D eigenvalue weighted by Gasteiger charge is 2.49. The molecule has 0 radical (unpaired) electrons. The van der Waals surface area contributed by atoms with E-state index < -0.39 is 35.0 Å². The zero-order valence-corrected chi connectivity index (χ0v) is 26.4. The van der Waals surface area contributed by atoms with E-state index in [1.54, 1.807) is 0 Å². The lowest BCUT2D eigenvalue weighted by Crippen LogP contribution is -2.28. The van der Waals surface area contributed by atoms with E-state index in [4.69, 9.17) is 9.47 Å². The van der Waals surface area contributed by atoms with Gasteiger partial charge in [0.1, 0.15) is 22.6 Å². The molecule has 1 aromatic carbocycles. The van der Waals surface area contributed by atoms with Crippen LogP contribution in [0.25, 0.3) is 0 Å². The summed E-state index contributed by atoms with van der Waals surface area (Å²) in [6, 6.07) is 1.02. The van der Waals surface area contributed by atoms with Gasteiger partial charge in [-0.3, -0.25) is 0 Å². The molecule has 0 bridgehead atoms. The number of hydrogen-bond donors (Lipinski definition) is 0. The third-order valence-corrected chi connectivity index (χ3v) is 10.9. The lowest BCUT2D eigenvalue weighted by atomic mass is 9.68. The summed E-state index contributed by atoms with van der Waals surface area (Å²) in [4.78, 5) is 0. The summed E-state index contributed by atoms with van der Waals surface area (Å²) < 4.78 is 94.2. The maximum Gasteiger partial charge on any atom is 0.420 e. The molecule has 0 aliphatic heterocycles. The topological polar surface area (TPSA) is 18.5 Å². The molecule has 4 rings (SSSR count). The fraction of sp³-hybridized carbons (Fsp3) is 0.829. The first kappa shape index (κ1) is 34.3. The molecule has 43 heavy (non-hydrogen) atoms. The minimum absolute atomic E-state index is 0.00149. The van der Waals surface area contributed by atoms with E-state index in [-0.39, 0.29) is 24.7 Å². The van der Waals surface area contributed by atoms with E-state index in [1.807, 2.05) is 0 Å². The van der Waals surface area contributed by atoms with Gasteiger partial charge in [-0.1, -0.05) is 71.1 Å². The summed E-state index contributed by atoms with van der Waals surface area (Å²) in [6.07, 6.45) is 9.63. The molecule has 3 fully saturated rings. The fourth-order valence-corrected chi connectivity index (χ4v) is 8.44. The standard InChI is InChI=1S/C35H52F6O2/c1-4-6-24-7-9-25(10-8-24)11-12-26-13-17-28(18-14-26)29-19-15-27(16-20-29)22-43-33-23(3)21-30(42-5-2)31(34(36,37)38)32(33)35(39,40)41/h21,24-29H,4-20,22H2,1-3H3. The van der Waals surface area contributed by atoms with Gasteiger partial charge in [-0.2, -0.15) is 26.3 Å². The monoisotopic (exact) mass is 618 g/mol. The first-order valence-electron chi connectivity index (χ1n) is 17.0. The Morgan fingerprint density at radius 2 is 1.05 bits per heavy atom. The predicted molar refractivity (Wildman–Crippen MR) is 158 cm³/mol. The summed E-state index contributed by atoms with van der Waals surface area (Å²) in [5, 5.41) is 0. The second-order valence-electron chi connectivity index (χ2n) is 13.8. The lowest BCUT2D eigenvalue weighted by molar-refractivity contribution is -0.164. The van der Waals surface area contributed by atoms with Crippen molar-refractivity contribution in [3.63, 3.8) is 0 Å². The van der Waals surface area contributed by atoms with Crippen LogP contribution in [0.4, 0.5) is 26.3 Å². The van der Waals surface area contributed by atoms with Crippen LogP contribution in [0, 0.1) is 42.4 Å². The third kappa shape index (κ3) is 9.22. The number of alkyl halides is 6. The molecule has 0 amide bonds. The average Bonchev–Trinajstić information content (AvgIpc) is 2.96. The smallest absolute Gasteiger partial charge is 0.420 e. The van der Waals surface area contributed by atoms with Crippen LogP contribution >= 0.6 is 0 Å². The maximum atomic E-state index is 14.0. The highest BCUT2D eigenvalue weighted by atomic mass is 19.4. The summed E-state index contributed by atoms with van der Waals surface area (Å²) in [5.74, 6) is 2.63. The predicted octanol–water partition coefficient (Wildman–Crippen LogP) is 11.8. The molecular weight excluding hydrogens is 566 g/mol. The van der Waals surface area contributed by atoms with Crippen molar-refractivity contribution in [3.8, 4) is 11.5 Å². The van der Waals surface area contributed by atoms with E-state index >= 15 is 0 Å². The van der Waals surface area contributed by atoms with Gasteiger partial charge in [0, 0.05) is 0 Å². The Balaban J connectivity index is 1.25. The molecule has 0 saturated heterocycles. The van der Waals surface area contributed by atoms with E-state index in [2.05, 4.69) is 6.92 Å². The number of rotatable bonds is 11. The van der Waals surface area contributed by atoms with Crippen LogP contribution in [0.1, 0.15) is 133 Å². The lowest BCUT2D eigenvalue weighted by Gasteiger charge is -2.38. The largest absolute Gasteiger partial charge is 0.493 e. The minimum Gasteiger partial charge on any atom is -0.493 e. The Morgan fingerprint density at radius 1 is 0.605 bits per heavy atom. The van der Waals surface area contributed by atoms with Crippen molar-refractivity contribution in [2.45, 2.75) is 136 Å². The molecule has 0 atom stereocenters. The van der Waals surface area contributed by atoms with Gasteiger partial charge in [0.25, 0.3) is 0 Å². The SMILES string of the molecule is CCCC1CCC(CCC2CCC(C3CCC(COc4c(C)cc(OCC)c(C(F)(F)F)c4C(F)(F)F)CC3)CC2)CC1. The van der Waals surface area contributed by atoms with Crippen LogP contribution in [0.15, 0.2) is 6.07 Å². The number of benzene rings is 1. The number of hydrogen-bond acceptors (Lipinski definition) is 2. The Labute approximate surface area is 254 Å². The van der Waals surface area contributed by atoms with E-state index in [0.717, 1.165) is 55.4 Å². The first-order valence-corrected chi connectivity index (χ1v) is 17.0. The summed E-state index contributed by atoms with van der Waals surface area (Å²) in [7, 11) is 0. The second-order valence-corrected chi connectivity index (χ2v) is 13.8. The summed E-state index contributed by atoms with van der Waals surface area (Å²) in [5.41, 5.74) is -3.59. The summed E-state index contributed by atoms with van der Waals surface area (Å²) >= 11 is 0. The molecule has 3 aliphatic carbocycles. The van der Waals surface area contributed by atoms with Crippen LogP contribution in [-0.4, -0.2) is 13.2 Å². The number of ether oxygens (including phenoxy) is 2. The molecule has 0 spiro atoms. The van der Waals surface area contributed by atoms with Gasteiger partial charge in [-0.25, -0.2) is 0 Å². The normalized spacial score (nSPS) is 29.0. The Hall–Kier alpha value is -1.60. The zero-order chi connectivity index (χ0) is 31.2. The molecule has 8 heteroatoms.